The molecule has 0 atom stereocenters. The van der Waals surface area contributed by atoms with Gasteiger partial charge in [0.05, 0.1) is 17.1 Å². The molecule has 0 radical (unpaired) electrons. The van der Waals surface area contributed by atoms with Crippen LogP contribution in [0.2, 0.25) is 0 Å². The minimum atomic E-state index is -3.28. The molecule has 6 N–H and O–H groups in total. The van der Waals surface area contributed by atoms with Gasteiger partial charge in [-0.25, -0.2) is 13.6 Å². The van der Waals surface area contributed by atoms with E-state index in [0.29, 0.717) is 23.5 Å². The van der Waals surface area contributed by atoms with Gasteiger partial charge >= 0.3 is 0 Å². The average molecular weight is 544 g/mol. The fourth-order valence-corrected chi connectivity index (χ4v) is 5.22. The Balaban J connectivity index is 1.38. The summed E-state index contributed by atoms with van der Waals surface area (Å²) >= 11 is 0. The molecule has 8 heteroatoms. The second-order valence-corrected chi connectivity index (χ2v) is 12.2. The fourth-order valence-electron chi connectivity index (χ4n) is 4.61. The number of hydrogen-bond donors (Lipinski definition) is 3. The first kappa shape index (κ1) is 31.8. The summed E-state index contributed by atoms with van der Waals surface area (Å²) in [5.41, 5.74) is 15.6. The van der Waals surface area contributed by atoms with E-state index in [9.17, 15) is 8.42 Å². The molecule has 7 nitrogen and oxygen atoms in total. The molecule has 0 fully saturated rings. The van der Waals surface area contributed by atoms with Crippen LogP contribution in [0.1, 0.15) is 108 Å². The number of benzene rings is 2. The van der Waals surface area contributed by atoms with Crippen LogP contribution in [0.5, 0.6) is 0 Å². The summed E-state index contributed by atoms with van der Waals surface area (Å²) in [5.74, 6) is 0.126. The van der Waals surface area contributed by atoms with Crippen molar-refractivity contribution in [3.63, 3.8) is 0 Å². The summed E-state index contributed by atoms with van der Waals surface area (Å²) in [4.78, 5) is 0. The number of sulfonamides is 1. The van der Waals surface area contributed by atoms with Gasteiger partial charge in [-0.2, -0.15) is 5.11 Å². The maximum atomic E-state index is 10.9. The third kappa shape index (κ3) is 15.7. The summed E-state index contributed by atoms with van der Waals surface area (Å²) in [7, 11) is -3.28. The average Bonchev–Trinajstić information content (AvgIpc) is 2.87. The van der Waals surface area contributed by atoms with Crippen LogP contribution in [0.15, 0.2) is 52.7 Å². The number of unbranched alkanes of at least 4 members (excludes halogenated alkanes) is 15. The number of rotatable bonds is 21. The molecular formula is C30H49N5O2S. The van der Waals surface area contributed by atoms with Crippen molar-refractivity contribution >= 4 is 32.8 Å². The van der Waals surface area contributed by atoms with Crippen LogP contribution < -0.4 is 16.6 Å². The quantitative estimate of drug-likeness (QED) is 0.0827. The van der Waals surface area contributed by atoms with Gasteiger partial charge in [0.2, 0.25) is 10.0 Å². The van der Waals surface area contributed by atoms with E-state index < -0.39 is 10.0 Å². The zero-order valence-corrected chi connectivity index (χ0v) is 23.9. The predicted molar refractivity (Wildman–Crippen MR) is 161 cm³/mol. The van der Waals surface area contributed by atoms with Crippen molar-refractivity contribution in [1.82, 2.24) is 0 Å². The number of nitrogens with two attached hydrogens (primary N) is 3. The maximum Gasteiger partial charge on any atom is 0.209 e. The van der Waals surface area contributed by atoms with E-state index in [4.69, 9.17) is 16.6 Å². The van der Waals surface area contributed by atoms with Crippen LogP contribution in [0.3, 0.4) is 0 Å². The lowest BCUT2D eigenvalue weighted by atomic mass is 10.0. The van der Waals surface area contributed by atoms with Gasteiger partial charge in [0.15, 0.2) is 0 Å². The molecule has 38 heavy (non-hydrogen) atoms. The zero-order chi connectivity index (χ0) is 27.5. The molecule has 2 rings (SSSR count). The van der Waals surface area contributed by atoms with Crippen molar-refractivity contribution in [1.29, 1.82) is 0 Å². The second kappa shape index (κ2) is 18.7. The van der Waals surface area contributed by atoms with E-state index in [-0.39, 0.29) is 5.75 Å². The van der Waals surface area contributed by atoms with E-state index in [0.717, 1.165) is 24.9 Å². The van der Waals surface area contributed by atoms with Crippen molar-refractivity contribution in [2.45, 2.75) is 109 Å². The Morgan fingerprint density at radius 2 is 1.05 bits per heavy atom. The molecule has 2 aromatic carbocycles. The van der Waals surface area contributed by atoms with Gasteiger partial charge in [0, 0.05) is 5.69 Å². The molecule has 0 aliphatic carbocycles. The summed E-state index contributed by atoms with van der Waals surface area (Å²) in [5, 5.41) is 13.5. The van der Waals surface area contributed by atoms with E-state index in [2.05, 4.69) is 22.4 Å². The highest BCUT2D eigenvalue weighted by atomic mass is 32.2. The first-order chi connectivity index (χ1) is 18.3. The molecule has 0 aromatic heterocycles. The monoisotopic (exact) mass is 543 g/mol. The van der Waals surface area contributed by atoms with Crippen molar-refractivity contribution in [3.05, 3.63) is 48.0 Å². The van der Waals surface area contributed by atoms with Gasteiger partial charge in [-0.1, -0.05) is 102 Å². The van der Waals surface area contributed by atoms with Crippen molar-refractivity contribution in [2.75, 3.05) is 17.2 Å². The lowest BCUT2D eigenvalue weighted by Crippen LogP contribution is -2.16. The summed E-state index contributed by atoms with van der Waals surface area (Å²) in [6.07, 6.45) is 21.0. The molecule has 0 aliphatic heterocycles. The van der Waals surface area contributed by atoms with Gasteiger partial charge in [0.1, 0.15) is 5.69 Å². The number of nitrogens with zero attached hydrogens (tertiary/aromatic N) is 2. The van der Waals surface area contributed by atoms with E-state index in [1.807, 2.05) is 12.1 Å². The Labute approximate surface area is 230 Å². The molecule has 0 bridgehead atoms. The fraction of sp³-hybridized carbons (Fsp3) is 0.600. The molecule has 2 aromatic rings. The van der Waals surface area contributed by atoms with E-state index in [1.54, 1.807) is 18.2 Å². The molecule has 0 saturated carbocycles. The zero-order valence-electron chi connectivity index (χ0n) is 23.1. The molecule has 0 heterocycles. The lowest BCUT2D eigenvalue weighted by molar-refractivity contribution is 0.529. The van der Waals surface area contributed by atoms with E-state index in [1.165, 1.54) is 89.0 Å². The SMILES string of the molecule is Nc1ccc(N=Nc2ccc(CCCCCCCCCCCCCCCCCCS(N)(=O)=O)cc2)c(N)c1. The van der Waals surface area contributed by atoms with Gasteiger partial charge in [0.25, 0.3) is 0 Å². The molecule has 212 valence electrons. The number of aryl methyl sites for hydroxylation is 1. The van der Waals surface area contributed by atoms with Gasteiger partial charge in [-0.15, -0.1) is 5.11 Å². The Morgan fingerprint density at radius 1 is 0.579 bits per heavy atom. The van der Waals surface area contributed by atoms with Crippen molar-refractivity contribution < 1.29 is 8.42 Å². The van der Waals surface area contributed by atoms with Crippen LogP contribution in [0, 0.1) is 0 Å². The van der Waals surface area contributed by atoms with Crippen molar-refractivity contribution in [3.8, 4) is 0 Å². The molecule has 0 unspecified atom stereocenters. The number of azo groups is 1. The minimum Gasteiger partial charge on any atom is -0.399 e. The first-order valence-corrected chi connectivity index (χ1v) is 16.2. The normalized spacial score (nSPS) is 11.9. The Bertz CT molecular complexity index is 1040. The highest BCUT2D eigenvalue weighted by Gasteiger charge is 2.02. The molecule has 0 aliphatic rings. The number of primary sulfonamides is 1. The van der Waals surface area contributed by atoms with E-state index >= 15 is 0 Å². The minimum absolute atomic E-state index is 0.126. The van der Waals surface area contributed by atoms with Crippen molar-refractivity contribution in [2.24, 2.45) is 15.4 Å². The topological polar surface area (TPSA) is 137 Å². The smallest absolute Gasteiger partial charge is 0.209 e. The Kier molecular flexibility index (Phi) is 15.7. The first-order valence-electron chi connectivity index (χ1n) is 14.5. The third-order valence-electron chi connectivity index (χ3n) is 6.91. The Hall–Kier alpha value is -2.45. The van der Waals surface area contributed by atoms with Gasteiger partial charge in [-0.05, 0) is 55.2 Å². The van der Waals surface area contributed by atoms with Crippen LogP contribution in [0.25, 0.3) is 0 Å². The van der Waals surface area contributed by atoms with Crippen LogP contribution in [0.4, 0.5) is 22.7 Å². The molecule has 0 spiro atoms. The van der Waals surface area contributed by atoms with Crippen LogP contribution in [-0.2, 0) is 16.4 Å². The largest absolute Gasteiger partial charge is 0.399 e. The summed E-state index contributed by atoms with van der Waals surface area (Å²) in [6, 6.07) is 13.5. The third-order valence-corrected chi connectivity index (χ3v) is 7.76. The number of nitrogen functional groups attached to an aromatic ring is 2. The highest BCUT2D eigenvalue weighted by molar-refractivity contribution is 7.89. The molecule has 0 saturated heterocycles. The highest BCUT2D eigenvalue weighted by Crippen LogP contribution is 2.26. The summed E-state index contributed by atoms with van der Waals surface area (Å²) in [6.45, 7) is 0. The number of hydrogen-bond acceptors (Lipinski definition) is 6. The van der Waals surface area contributed by atoms with Crippen LogP contribution >= 0.6 is 0 Å². The lowest BCUT2D eigenvalue weighted by Gasteiger charge is -2.04. The standard InChI is InChI=1S/C30H49N5O2S/c31-27-20-23-30(29(32)25-27)35-34-28-21-18-26(19-22-28)17-15-13-11-9-7-5-3-1-2-4-6-8-10-12-14-16-24-38(33,36)37/h18-23,25H,1-17,24,31-32H2,(H2,33,36,37). The summed E-state index contributed by atoms with van der Waals surface area (Å²) < 4.78 is 21.8. The predicted octanol–water partition coefficient (Wildman–Crippen LogP) is 8.34. The van der Waals surface area contributed by atoms with Crippen LogP contribution in [-0.4, -0.2) is 14.2 Å². The van der Waals surface area contributed by atoms with Gasteiger partial charge < -0.3 is 11.5 Å². The van der Waals surface area contributed by atoms with Gasteiger partial charge in [-0.3, -0.25) is 0 Å². The Morgan fingerprint density at radius 3 is 1.53 bits per heavy atom. The second-order valence-electron chi connectivity index (χ2n) is 10.5. The molecule has 0 amide bonds. The molecular weight excluding hydrogens is 494 g/mol. The number of anilines is 2. The maximum absolute atomic E-state index is 10.9.